The minimum absolute atomic E-state index is 0.00909. The molecule has 4 rings (SSSR count). The highest BCUT2D eigenvalue weighted by atomic mass is 32.1. The number of amides is 1. The molecular formula is C24H20N2O6S. The van der Waals surface area contributed by atoms with Crippen molar-refractivity contribution in [2.24, 2.45) is 0 Å². The Morgan fingerprint density at radius 2 is 1.73 bits per heavy atom. The first-order valence-electron chi connectivity index (χ1n) is 9.95. The number of carbonyl (C=O) groups is 3. The van der Waals surface area contributed by atoms with E-state index in [2.05, 4.69) is 4.98 Å². The molecule has 0 radical (unpaired) electrons. The maximum Gasteiger partial charge on any atom is 0.301 e. The number of thiazole rings is 1. The highest BCUT2D eigenvalue weighted by Crippen LogP contribution is 2.44. The molecule has 0 saturated carbocycles. The third-order valence-electron chi connectivity index (χ3n) is 5.33. The number of phenols is 1. The van der Waals surface area contributed by atoms with Gasteiger partial charge in [-0.1, -0.05) is 23.5 Å². The molecule has 1 atom stereocenters. The van der Waals surface area contributed by atoms with E-state index in [0.717, 1.165) is 11.3 Å². The number of aromatic nitrogens is 1. The SMILES string of the molecule is COc1ccc(/C(O)=C2\C(=O)C(=O)N(c3nc(C)c(C(C)=O)s3)C2c2ccc(O)cc2)cc1. The molecule has 3 aromatic rings. The molecule has 2 aromatic carbocycles. The number of aromatic hydroxyl groups is 1. The van der Waals surface area contributed by atoms with Gasteiger partial charge in [0.1, 0.15) is 17.3 Å². The van der Waals surface area contributed by atoms with Gasteiger partial charge in [-0.25, -0.2) is 4.98 Å². The molecule has 1 aliphatic heterocycles. The fourth-order valence-corrected chi connectivity index (χ4v) is 4.71. The van der Waals surface area contributed by atoms with Crippen LogP contribution in [-0.4, -0.2) is 39.8 Å². The summed E-state index contributed by atoms with van der Waals surface area (Å²) in [5.74, 6) is -1.72. The molecule has 0 spiro atoms. The van der Waals surface area contributed by atoms with Crippen LogP contribution in [0.15, 0.2) is 54.1 Å². The van der Waals surface area contributed by atoms with Crippen LogP contribution in [0.5, 0.6) is 11.5 Å². The van der Waals surface area contributed by atoms with Gasteiger partial charge in [0, 0.05) is 12.5 Å². The van der Waals surface area contributed by atoms with Gasteiger partial charge in [-0.05, 0) is 48.9 Å². The number of aliphatic hydroxyl groups is 1. The van der Waals surface area contributed by atoms with E-state index in [1.165, 1.54) is 31.1 Å². The minimum atomic E-state index is -1.00. The second kappa shape index (κ2) is 8.51. The van der Waals surface area contributed by atoms with Gasteiger partial charge >= 0.3 is 5.91 Å². The molecule has 1 unspecified atom stereocenters. The van der Waals surface area contributed by atoms with Crippen LogP contribution in [-0.2, 0) is 9.59 Å². The van der Waals surface area contributed by atoms with E-state index in [4.69, 9.17) is 4.74 Å². The number of methoxy groups -OCH3 is 1. The molecule has 0 aliphatic carbocycles. The van der Waals surface area contributed by atoms with Crippen LogP contribution >= 0.6 is 11.3 Å². The van der Waals surface area contributed by atoms with E-state index < -0.39 is 17.7 Å². The van der Waals surface area contributed by atoms with Crippen molar-refractivity contribution < 1.29 is 29.3 Å². The van der Waals surface area contributed by atoms with Gasteiger partial charge in [0.05, 0.1) is 29.3 Å². The molecule has 2 heterocycles. The average molecular weight is 464 g/mol. The Kier molecular flexibility index (Phi) is 5.73. The van der Waals surface area contributed by atoms with Crippen LogP contribution in [0.3, 0.4) is 0 Å². The number of aryl methyl sites for hydroxylation is 1. The number of hydrogen-bond acceptors (Lipinski definition) is 8. The number of nitrogens with zero attached hydrogens (tertiary/aromatic N) is 2. The van der Waals surface area contributed by atoms with Gasteiger partial charge in [0.25, 0.3) is 5.78 Å². The predicted molar refractivity (Wildman–Crippen MR) is 123 cm³/mol. The molecule has 0 bridgehead atoms. The molecule has 1 amide bonds. The highest BCUT2D eigenvalue weighted by Gasteiger charge is 2.48. The first-order valence-corrected chi connectivity index (χ1v) is 10.8. The number of carbonyl (C=O) groups excluding carboxylic acids is 3. The summed E-state index contributed by atoms with van der Waals surface area (Å²) in [7, 11) is 1.51. The number of rotatable bonds is 5. The summed E-state index contributed by atoms with van der Waals surface area (Å²) in [4.78, 5) is 44.1. The van der Waals surface area contributed by atoms with Crippen molar-refractivity contribution in [3.8, 4) is 11.5 Å². The van der Waals surface area contributed by atoms with Gasteiger partial charge in [-0.2, -0.15) is 0 Å². The van der Waals surface area contributed by atoms with Crippen molar-refractivity contribution in [1.29, 1.82) is 0 Å². The Morgan fingerprint density at radius 1 is 1.09 bits per heavy atom. The summed E-state index contributed by atoms with van der Waals surface area (Å²) in [6.07, 6.45) is 0. The second-order valence-corrected chi connectivity index (χ2v) is 8.43. The van der Waals surface area contributed by atoms with Crippen LogP contribution in [0.25, 0.3) is 5.76 Å². The number of Topliss-reactive ketones (excluding diaryl/α,β-unsaturated/α-hetero) is 2. The Balaban J connectivity index is 1.92. The standard InChI is InChI=1S/C24H20N2O6S/c1-12-22(13(2)27)33-24(25-12)26-19(14-4-8-16(28)9-5-14)18(21(30)23(26)31)20(29)15-6-10-17(32-3)11-7-15/h4-11,19,28-29H,1-3H3/b20-18+. The summed E-state index contributed by atoms with van der Waals surface area (Å²) in [5, 5.41) is 21.0. The Bertz CT molecular complexity index is 1290. The van der Waals surface area contributed by atoms with Crippen molar-refractivity contribution in [3.05, 3.63) is 75.8 Å². The first kappa shape index (κ1) is 22.2. The van der Waals surface area contributed by atoms with Crippen molar-refractivity contribution in [3.63, 3.8) is 0 Å². The second-order valence-electron chi connectivity index (χ2n) is 7.46. The van der Waals surface area contributed by atoms with Crippen LogP contribution in [0.2, 0.25) is 0 Å². The summed E-state index contributed by atoms with van der Waals surface area (Å²) < 4.78 is 5.14. The lowest BCUT2D eigenvalue weighted by Gasteiger charge is -2.23. The molecule has 2 N–H and O–H groups in total. The molecule has 1 saturated heterocycles. The largest absolute Gasteiger partial charge is 0.508 e. The van der Waals surface area contributed by atoms with Crippen molar-refractivity contribution in [1.82, 2.24) is 4.98 Å². The van der Waals surface area contributed by atoms with Crippen LogP contribution in [0.4, 0.5) is 5.13 Å². The maximum atomic E-state index is 13.1. The zero-order valence-electron chi connectivity index (χ0n) is 18.0. The predicted octanol–water partition coefficient (Wildman–Crippen LogP) is 3.99. The third kappa shape index (κ3) is 3.87. The summed E-state index contributed by atoms with van der Waals surface area (Å²) in [6.45, 7) is 3.06. The zero-order chi connectivity index (χ0) is 23.9. The van der Waals surface area contributed by atoms with E-state index in [1.54, 1.807) is 43.3 Å². The van der Waals surface area contributed by atoms with Crippen LogP contribution < -0.4 is 9.64 Å². The number of ketones is 2. The van der Waals surface area contributed by atoms with E-state index in [-0.39, 0.29) is 28.0 Å². The Labute approximate surface area is 193 Å². The molecule has 1 aromatic heterocycles. The van der Waals surface area contributed by atoms with E-state index in [1.807, 2.05) is 0 Å². The van der Waals surface area contributed by atoms with E-state index in [0.29, 0.717) is 27.4 Å². The highest BCUT2D eigenvalue weighted by molar-refractivity contribution is 7.18. The molecule has 168 valence electrons. The quantitative estimate of drug-likeness (QED) is 0.254. The van der Waals surface area contributed by atoms with Crippen molar-refractivity contribution in [2.45, 2.75) is 19.9 Å². The summed E-state index contributed by atoms with van der Waals surface area (Å²) >= 11 is 1.01. The number of phenolic OH excluding ortho intramolecular Hbond substituents is 1. The van der Waals surface area contributed by atoms with Crippen molar-refractivity contribution in [2.75, 3.05) is 12.0 Å². The monoisotopic (exact) mass is 464 g/mol. The number of ether oxygens (including phenoxy) is 1. The van der Waals surface area contributed by atoms with Gasteiger partial charge < -0.3 is 14.9 Å². The molecular weight excluding hydrogens is 444 g/mol. The number of anilines is 1. The lowest BCUT2D eigenvalue weighted by atomic mass is 9.95. The fraction of sp³-hybridized carbons (Fsp3) is 0.167. The smallest absolute Gasteiger partial charge is 0.301 e. The third-order valence-corrected chi connectivity index (χ3v) is 6.59. The molecule has 9 heteroatoms. The van der Waals surface area contributed by atoms with Gasteiger partial charge in [0.2, 0.25) is 0 Å². The molecule has 8 nitrogen and oxygen atoms in total. The fourth-order valence-electron chi connectivity index (χ4n) is 3.72. The lowest BCUT2D eigenvalue weighted by Crippen LogP contribution is -2.29. The number of benzene rings is 2. The summed E-state index contributed by atoms with van der Waals surface area (Å²) in [5.41, 5.74) is 1.15. The maximum absolute atomic E-state index is 13.1. The lowest BCUT2D eigenvalue weighted by molar-refractivity contribution is -0.132. The zero-order valence-corrected chi connectivity index (χ0v) is 18.8. The number of hydrogen-bond donors (Lipinski definition) is 2. The van der Waals surface area contributed by atoms with Gasteiger partial charge in [-0.15, -0.1) is 0 Å². The topological polar surface area (TPSA) is 117 Å². The Hall–Kier alpha value is -3.98. The average Bonchev–Trinajstić information content (AvgIpc) is 3.31. The molecule has 33 heavy (non-hydrogen) atoms. The van der Waals surface area contributed by atoms with Crippen LogP contribution in [0, 0.1) is 6.92 Å². The van der Waals surface area contributed by atoms with E-state index >= 15 is 0 Å². The summed E-state index contributed by atoms with van der Waals surface area (Å²) in [6, 6.07) is 11.4. The molecule has 1 aliphatic rings. The molecule has 1 fully saturated rings. The van der Waals surface area contributed by atoms with Gasteiger partial charge in [0.15, 0.2) is 10.9 Å². The van der Waals surface area contributed by atoms with Gasteiger partial charge in [-0.3, -0.25) is 19.3 Å². The Morgan fingerprint density at radius 3 is 2.27 bits per heavy atom. The van der Waals surface area contributed by atoms with Crippen molar-refractivity contribution >= 4 is 39.7 Å². The first-order chi connectivity index (χ1) is 15.7. The normalized spacial score (nSPS) is 17.4. The van der Waals surface area contributed by atoms with Crippen LogP contribution in [0.1, 0.15) is 39.5 Å². The number of aliphatic hydroxyl groups excluding tert-OH is 1. The van der Waals surface area contributed by atoms with E-state index in [9.17, 15) is 24.6 Å². The minimum Gasteiger partial charge on any atom is -0.508 e.